The highest BCUT2D eigenvalue weighted by atomic mass is 16.5. The molecule has 0 aliphatic rings. The summed E-state index contributed by atoms with van der Waals surface area (Å²) in [7, 11) is 3.62. The quantitative estimate of drug-likeness (QED) is 0.463. The van der Waals surface area contributed by atoms with Crippen LogP contribution in [0.15, 0.2) is 0 Å². The average molecular weight is 176 g/mol. The van der Waals surface area contributed by atoms with Crippen LogP contribution < -0.4 is 10.6 Å². The molecule has 0 aromatic heterocycles. The summed E-state index contributed by atoms with van der Waals surface area (Å²) in [5, 5.41) is 6.29. The predicted molar refractivity (Wildman–Crippen MR) is 49.5 cm³/mol. The molecule has 0 saturated carbocycles. The van der Waals surface area contributed by atoms with Crippen molar-refractivity contribution < 1.29 is 9.47 Å². The average Bonchev–Trinajstić information content (AvgIpc) is 2.10. The smallest absolute Gasteiger partial charge is 0.0700 e. The summed E-state index contributed by atoms with van der Waals surface area (Å²) in [4.78, 5) is 0. The summed E-state index contributed by atoms with van der Waals surface area (Å²) in [6.45, 7) is 5.02. The monoisotopic (exact) mass is 176 g/mol. The van der Waals surface area contributed by atoms with Crippen molar-refractivity contribution in [1.82, 2.24) is 10.6 Å². The van der Waals surface area contributed by atoms with Crippen LogP contribution in [0.2, 0.25) is 0 Å². The van der Waals surface area contributed by atoms with Gasteiger partial charge in [-0.25, -0.2) is 0 Å². The topological polar surface area (TPSA) is 42.5 Å². The Morgan fingerprint density at radius 1 is 1.00 bits per heavy atom. The molecule has 0 aromatic rings. The van der Waals surface area contributed by atoms with Gasteiger partial charge in [0.1, 0.15) is 0 Å². The molecule has 0 atom stereocenters. The van der Waals surface area contributed by atoms with Crippen molar-refractivity contribution in [2.45, 2.75) is 0 Å². The fourth-order valence-corrected chi connectivity index (χ4v) is 0.727. The molecule has 0 fully saturated rings. The first-order valence-corrected chi connectivity index (χ1v) is 4.33. The Balaban J connectivity index is 2.73. The minimum Gasteiger partial charge on any atom is -0.382 e. The fourth-order valence-electron chi connectivity index (χ4n) is 0.727. The van der Waals surface area contributed by atoms with E-state index >= 15 is 0 Å². The lowest BCUT2D eigenvalue weighted by Gasteiger charge is -2.04. The molecule has 0 radical (unpaired) electrons. The van der Waals surface area contributed by atoms with Crippen molar-refractivity contribution in [1.29, 1.82) is 0 Å². The van der Waals surface area contributed by atoms with Crippen molar-refractivity contribution in [2.24, 2.45) is 0 Å². The molecule has 0 saturated heterocycles. The summed E-state index contributed by atoms with van der Waals surface area (Å²) in [6, 6.07) is 0. The molecule has 4 heteroatoms. The van der Waals surface area contributed by atoms with Gasteiger partial charge in [0.25, 0.3) is 0 Å². The molecule has 0 spiro atoms. The molecular formula is C8H20N2O2. The molecule has 12 heavy (non-hydrogen) atoms. The van der Waals surface area contributed by atoms with Gasteiger partial charge in [0.15, 0.2) is 0 Å². The van der Waals surface area contributed by atoms with E-state index in [1.165, 1.54) is 0 Å². The zero-order valence-corrected chi connectivity index (χ0v) is 8.06. The third-order valence-corrected chi connectivity index (χ3v) is 1.41. The van der Waals surface area contributed by atoms with Gasteiger partial charge in [-0.15, -0.1) is 0 Å². The van der Waals surface area contributed by atoms with E-state index < -0.39 is 0 Å². The van der Waals surface area contributed by atoms with E-state index in [4.69, 9.17) is 9.47 Å². The zero-order valence-electron chi connectivity index (χ0n) is 8.06. The Morgan fingerprint density at radius 3 is 2.50 bits per heavy atom. The molecule has 0 aliphatic carbocycles. The SMILES string of the molecule is CNCCNCCOCCOC. The van der Waals surface area contributed by atoms with Crippen LogP contribution in [0.3, 0.4) is 0 Å². The first-order valence-electron chi connectivity index (χ1n) is 4.33. The van der Waals surface area contributed by atoms with Crippen molar-refractivity contribution in [3.8, 4) is 0 Å². The maximum absolute atomic E-state index is 5.25. The molecule has 0 heterocycles. The van der Waals surface area contributed by atoms with Crippen molar-refractivity contribution in [2.75, 3.05) is 53.6 Å². The van der Waals surface area contributed by atoms with Crippen molar-refractivity contribution >= 4 is 0 Å². The summed E-state index contributed by atoms with van der Waals surface area (Å²) in [6.07, 6.45) is 0. The first-order chi connectivity index (χ1) is 5.91. The molecule has 0 unspecified atom stereocenters. The van der Waals surface area contributed by atoms with Crippen LogP contribution in [0.25, 0.3) is 0 Å². The van der Waals surface area contributed by atoms with Crippen LogP contribution in [0.4, 0.5) is 0 Å². The van der Waals surface area contributed by atoms with E-state index in [0.717, 1.165) is 26.2 Å². The lowest BCUT2D eigenvalue weighted by molar-refractivity contribution is 0.0721. The molecule has 0 aliphatic heterocycles. The third-order valence-electron chi connectivity index (χ3n) is 1.41. The fraction of sp³-hybridized carbons (Fsp3) is 1.00. The zero-order chi connectivity index (χ0) is 9.07. The second kappa shape index (κ2) is 10.8. The van der Waals surface area contributed by atoms with E-state index in [-0.39, 0.29) is 0 Å². The standard InChI is InChI=1S/C8H20N2O2/c1-9-3-4-10-5-6-12-8-7-11-2/h9-10H,3-8H2,1-2H3. The van der Waals surface area contributed by atoms with Crippen molar-refractivity contribution in [3.05, 3.63) is 0 Å². The lowest BCUT2D eigenvalue weighted by Crippen LogP contribution is -2.28. The van der Waals surface area contributed by atoms with Crippen LogP contribution in [-0.4, -0.2) is 53.6 Å². The highest BCUT2D eigenvalue weighted by Crippen LogP contribution is 1.73. The van der Waals surface area contributed by atoms with E-state index in [0.29, 0.717) is 13.2 Å². The van der Waals surface area contributed by atoms with E-state index in [9.17, 15) is 0 Å². The highest BCUT2D eigenvalue weighted by molar-refractivity contribution is 4.47. The number of hydrogen-bond acceptors (Lipinski definition) is 4. The number of ether oxygens (including phenoxy) is 2. The second-order valence-electron chi connectivity index (χ2n) is 2.46. The molecule has 0 rings (SSSR count). The van der Waals surface area contributed by atoms with Crippen LogP contribution in [0.5, 0.6) is 0 Å². The van der Waals surface area contributed by atoms with Crippen LogP contribution in [0, 0.1) is 0 Å². The molecule has 74 valence electrons. The van der Waals surface area contributed by atoms with E-state index in [2.05, 4.69) is 10.6 Å². The Bertz CT molecular complexity index is 71.5. The number of likely N-dealkylation sites (N-methyl/N-ethyl adjacent to an activating group) is 1. The molecule has 0 amide bonds. The molecule has 0 aromatic carbocycles. The summed E-state index contributed by atoms with van der Waals surface area (Å²) < 4.78 is 10.1. The minimum absolute atomic E-state index is 0.677. The van der Waals surface area contributed by atoms with Gasteiger partial charge in [-0.2, -0.15) is 0 Å². The van der Waals surface area contributed by atoms with Crippen molar-refractivity contribution in [3.63, 3.8) is 0 Å². The number of hydrogen-bond donors (Lipinski definition) is 2. The molecular weight excluding hydrogens is 156 g/mol. The molecule has 0 bridgehead atoms. The van der Waals surface area contributed by atoms with E-state index in [1.807, 2.05) is 7.05 Å². The van der Waals surface area contributed by atoms with Crippen LogP contribution in [0.1, 0.15) is 0 Å². The van der Waals surface area contributed by atoms with Gasteiger partial charge in [0, 0.05) is 26.7 Å². The van der Waals surface area contributed by atoms with Gasteiger partial charge < -0.3 is 20.1 Å². The molecule has 2 N–H and O–H groups in total. The normalized spacial score (nSPS) is 10.5. The Kier molecular flexibility index (Phi) is 10.7. The maximum atomic E-state index is 5.25. The van der Waals surface area contributed by atoms with Gasteiger partial charge in [-0.05, 0) is 7.05 Å². The second-order valence-corrected chi connectivity index (χ2v) is 2.46. The Labute approximate surface area is 74.6 Å². The Hall–Kier alpha value is -0.160. The molecule has 4 nitrogen and oxygen atoms in total. The van der Waals surface area contributed by atoms with Crippen LogP contribution >= 0.6 is 0 Å². The lowest BCUT2D eigenvalue weighted by atomic mass is 10.6. The third kappa shape index (κ3) is 9.84. The highest BCUT2D eigenvalue weighted by Gasteiger charge is 1.87. The minimum atomic E-state index is 0.677. The van der Waals surface area contributed by atoms with E-state index in [1.54, 1.807) is 7.11 Å². The van der Waals surface area contributed by atoms with Gasteiger partial charge in [0.2, 0.25) is 0 Å². The Morgan fingerprint density at radius 2 is 1.83 bits per heavy atom. The first kappa shape index (κ1) is 11.8. The summed E-state index contributed by atoms with van der Waals surface area (Å²) in [5.74, 6) is 0. The summed E-state index contributed by atoms with van der Waals surface area (Å²) >= 11 is 0. The number of methoxy groups -OCH3 is 1. The number of nitrogens with one attached hydrogen (secondary N) is 2. The van der Waals surface area contributed by atoms with Crippen LogP contribution in [-0.2, 0) is 9.47 Å². The largest absolute Gasteiger partial charge is 0.382 e. The maximum Gasteiger partial charge on any atom is 0.0700 e. The number of rotatable bonds is 9. The van der Waals surface area contributed by atoms with Gasteiger partial charge in [0.05, 0.1) is 19.8 Å². The van der Waals surface area contributed by atoms with Gasteiger partial charge in [-0.1, -0.05) is 0 Å². The predicted octanol–water partition coefficient (Wildman–Crippen LogP) is -0.542. The summed E-state index contributed by atoms with van der Waals surface area (Å²) in [5.41, 5.74) is 0. The van der Waals surface area contributed by atoms with Gasteiger partial charge >= 0.3 is 0 Å². The van der Waals surface area contributed by atoms with Gasteiger partial charge in [-0.3, -0.25) is 0 Å².